The Labute approximate surface area is 157 Å². The first-order valence-electron chi connectivity index (χ1n) is 8.97. The normalized spacial score (nSPS) is 12.0. The lowest BCUT2D eigenvalue weighted by molar-refractivity contribution is -0.142. The summed E-state index contributed by atoms with van der Waals surface area (Å²) in [6.07, 6.45) is 0.695. The number of carboxylic acids is 1. The van der Waals surface area contributed by atoms with Gasteiger partial charge in [-0.1, -0.05) is 19.0 Å². The number of nitrogens with zero attached hydrogens (tertiary/aromatic N) is 2. The van der Waals surface area contributed by atoms with Gasteiger partial charge in [-0.3, -0.25) is 4.79 Å². The number of carbonyl (C=O) groups is 2. The van der Waals surface area contributed by atoms with Crippen molar-refractivity contribution in [3.05, 3.63) is 30.2 Å². The molecule has 146 valence electrons. The van der Waals surface area contributed by atoms with Crippen LogP contribution < -0.4 is 10.1 Å². The Hall–Kier alpha value is -2.90. The number of benzene rings is 1. The van der Waals surface area contributed by atoms with E-state index in [1.54, 1.807) is 0 Å². The minimum absolute atomic E-state index is 0.0762. The SMILES string of the molecule is CCOc1ccc(-c2noc(CCC(=O)N[C@@H](CC(C)C)C(=O)O)n2)cc1. The number of hydrogen-bond acceptors (Lipinski definition) is 6. The minimum Gasteiger partial charge on any atom is -0.494 e. The molecule has 0 unspecified atom stereocenters. The second kappa shape index (κ2) is 9.70. The zero-order chi connectivity index (χ0) is 19.8. The van der Waals surface area contributed by atoms with Crippen molar-refractivity contribution >= 4 is 11.9 Å². The van der Waals surface area contributed by atoms with Crippen LogP contribution in [0, 0.1) is 5.92 Å². The molecular weight excluding hydrogens is 350 g/mol. The Kier molecular flexibility index (Phi) is 7.34. The third kappa shape index (κ3) is 6.40. The summed E-state index contributed by atoms with van der Waals surface area (Å²) in [5.41, 5.74) is 0.778. The van der Waals surface area contributed by atoms with Crippen LogP contribution in [-0.4, -0.2) is 39.8 Å². The average Bonchev–Trinajstić information content (AvgIpc) is 3.09. The predicted octanol–water partition coefficient (Wildman–Crippen LogP) is 2.68. The largest absolute Gasteiger partial charge is 0.494 e. The number of aromatic nitrogens is 2. The lowest BCUT2D eigenvalue weighted by Gasteiger charge is -2.16. The summed E-state index contributed by atoms with van der Waals surface area (Å²) in [5.74, 6) is 0.285. The summed E-state index contributed by atoms with van der Waals surface area (Å²) >= 11 is 0. The molecule has 0 aliphatic rings. The molecule has 1 heterocycles. The van der Waals surface area contributed by atoms with Gasteiger partial charge in [-0.05, 0) is 43.5 Å². The van der Waals surface area contributed by atoms with Gasteiger partial charge < -0.3 is 19.7 Å². The molecule has 1 aromatic carbocycles. The fraction of sp³-hybridized carbons (Fsp3) is 0.474. The summed E-state index contributed by atoms with van der Waals surface area (Å²) in [4.78, 5) is 27.5. The van der Waals surface area contributed by atoms with Crippen LogP contribution in [0.4, 0.5) is 0 Å². The first-order chi connectivity index (χ1) is 12.9. The predicted molar refractivity (Wildman–Crippen MR) is 98.2 cm³/mol. The molecular formula is C19H25N3O5. The van der Waals surface area contributed by atoms with E-state index >= 15 is 0 Å². The second-order valence-corrected chi connectivity index (χ2v) is 6.56. The monoisotopic (exact) mass is 375 g/mol. The molecule has 0 radical (unpaired) electrons. The molecule has 2 rings (SSSR count). The van der Waals surface area contributed by atoms with Gasteiger partial charge in [-0.25, -0.2) is 4.79 Å². The van der Waals surface area contributed by atoms with Crippen molar-refractivity contribution in [1.82, 2.24) is 15.5 Å². The topological polar surface area (TPSA) is 115 Å². The average molecular weight is 375 g/mol. The Morgan fingerprint density at radius 3 is 2.56 bits per heavy atom. The fourth-order valence-corrected chi connectivity index (χ4v) is 2.52. The molecule has 27 heavy (non-hydrogen) atoms. The molecule has 0 aliphatic carbocycles. The van der Waals surface area contributed by atoms with Crippen molar-refractivity contribution in [2.45, 2.75) is 46.1 Å². The summed E-state index contributed by atoms with van der Waals surface area (Å²) in [7, 11) is 0. The molecule has 2 aromatic rings. The molecule has 0 saturated heterocycles. The zero-order valence-electron chi connectivity index (χ0n) is 15.8. The molecule has 0 spiro atoms. The highest BCUT2D eigenvalue weighted by Gasteiger charge is 2.21. The number of ether oxygens (including phenoxy) is 1. The number of hydrogen-bond donors (Lipinski definition) is 2. The molecule has 0 saturated carbocycles. The molecule has 0 bridgehead atoms. The van der Waals surface area contributed by atoms with Crippen LogP contribution in [0.5, 0.6) is 5.75 Å². The molecule has 0 aliphatic heterocycles. The van der Waals surface area contributed by atoms with Crippen LogP contribution in [0.15, 0.2) is 28.8 Å². The molecule has 8 nitrogen and oxygen atoms in total. The first-order valence-corrected chi connectivity index (χ1v) is 8.97. The van der Waals surface area contributed by atoms with E-state index in [0.717, 1.165) is 11.3 Å². The lowest BCUT2D eigenvalue weighted by atomic mass is 10.0. The van der Waals surface area contributed by atoms with Crippen molar-refractivity contribution in [2.75, 3.05) is 6.61 Å². The van der Waals surface area contributed by atoms with Gasteiger partial charge >= 0.3 is 5.97 Å². The molecule has 2 N–H and O–H groups in total. The van der Waals surface area contributed by atoms with Crippen molar-refractivity contribution < 1.29 is 24.0 Å². The van der Waals surface area contributed by atoms with Gasteiger partial charge in [-0.2, -0.15) is 4.98 Å². The summed E-state index contributed by atoms with van der Waals surface area (Å²) in [5, 5.41) is 15.6. The van der Waals surface area contributed by atoms with Gasteiger partial charge in [0.2, 0.25) is 17.6 Å². The van der Waals surface area contributed by atoms with Gasteiger partial charge in [0.1, 0.15) is 11.8 Å². The van der Waals surface area contributed by atoms with E-state index in [1.807, 2.05) is 45.0 Å². The maximum Gasteiger partial charge on any atom is 0.326 e. The smallest absolute Gasteiger partial charge is 0.326 e. The van der Waals surface area contributed by atoms with Gasteiger partial charge in [0, 0.05) is 18.4 Å². The van der Waals surface area contributed by atoms with Gasteiger partial charge in [0.05, 0.1) is 6.61 Å². The molecule has 1 aromatic heterocycles. The fourth-order valence-electron chi connectivity index (χ4n) is 2.52. The third-order valence-corrected chi connectivity index (χ3v) is 3.80. The van der Waals surface area contributed by atoms with E-state index in [4.69, 9.17) is 9.26 Å². The van der Waals surface area contributed by atoms with Gasteiger partial charge in [0.25, 0.3) is 0 Å². The number of amides is 1. The van der Waals surface area contributed by atoms with E-state index in [2.05, 4.69) is 15.5 Å². The Bertz CT molecular complexity index is 755. The highest BCUT2D eigenvalue weighted by Crippen LogP contribution is 2.20. The number of rotatable bonds is 10. The molecule has 1 amide bonds. The van der Waals surface area contributed by atoms with Crippen LogP contribution in [0.1, 0.15) is 39.5 Å². The molecule has 1 atom stereocenters. The van der Waals surface area contributed by atoms with Crippen molar-refractivity contribution in [1.29, 1.82) is 0 Å². The number of carbonyl (C=O) groups excluding carboxylic acids is 1. The lowest BCUT2D eigenvalue weighted by Crippen LogP contribution is -2.41. The number of aliphatic carboxylic acids is 1. The molecule has 8 heteroatoms. The van der Waals surface area contributed by atoms with E-state index in [-0.39, 0.29) is 24.7 Å². The van der Waals surface area contributed by atoms with Crippen LogP contribution in [0.3, 0.4) is 0 Å². The van der Waals surface area contributed by atoms with E-state index in [0.29, 0.717) is 24.7 Å². The third-order valence-electron chi connectivity index (χ3n) is 3.80. The van der Waals surface area contributed by atoms with Crippen LogP contribution in [-0.2, 0) is 16.0 Å². The number of nitrogens with one attached hydrogen (secondary N) is 1. The number of aryl methyl sites for hydroxylation is 1. The highest BCUT2D eigenvalue weighted by molar-refractivity contribution is 5.83. The Balaban J connectivity index is 1.89. The first kappa shape index (κ1) is 20.4. The van der Waals surface area contributed by atoms with Crippen molar-refractivity contribution in [2.24, 2.45) is 5.92 Å². The maximum atomic E-state index is 12.0. The quantitative estimate of drug-likeness (QED) is 0.656. The summed E-state index contributed by atoms with van der Waals surface area (Å²) in [6, 6.07) is 6.41. The van der Waals surface area contributed by atoms with Crippen LogP contribution in [0.2, 0.25) is 0 Å². The van der Waals surface area contributed by atoms with Crippen LogP contribution in [0.25, 0.3) is 11.4 Å². The van der Waals surface area contributed by atoms with Crippen molar-refractivity contribution in [3.63, 3.8) is 0 Å². The van der Waals surface area contributed by atoms with Gasteiger partial charge in [-0.15, -0.1) is 0 Å². The number of carboxylic acid groups (broad SMARTS) is 1. The summed E-state index contributed by atoms with van der Waals surface area (Å²) in [6.45, 7) is 6.32. The van der Waals surface area contributed by atoms with E-state index in [9.17, 15) is 14.7 Å². The van der Waals surface area contributed by atoms with E-state index < -0.39 is 12.0 Å². The second-order valence-electron chi connectivity index (χ2n) is 6.56. The zero-order valence-corrected chi connectivity index (χ0v) is 15.8. The standard InChI is InChI=1S/C19H25N3O5/c1-4-26-14-7-5-13(6-8-14)18-21-17(27-22-18)10-9-16(23)20-15(19(24)25)11-12(2)3/h5-8,12,15H,4,9-11H2,1-3H3,(H,20,23)(H,24,25)/t15-/m0/s1. The molecule has 0 fully saturated rings. The van der Waals surface area contributed by atoms with Crippen molar-refractivity contribution in [3.8, 4) is 17.1 Å². The highest BCUT2D eigenvalue weighted by atomic mass is 16.5. The maximum absolute atomic E-state index is 12.0. The minimum atomic E-state index is -1.03. The van der Waals surface area contributed by atoms with Crippen LogP contribution >= 0.6 is 0 Å². The summed E-state index contributed by atoms with van der Waals surface area (Å²) < 4.78 is 10.6. The van der Waals surface area contributed by atoms with Gasteiger partial charge in [0.15, 0.2) is 0 Å². The van der Waals surface area contributed by atoms with E-state index in [1.165, 1.54) is 0 Å². The Morgan fingerprint density at radius 2 is 1.96 bits per heavy atom. The Morgan fingerprint density at radius 1 is 1.26 bits per heavy atom.